The second-order valence-corrected chi connectivity index (χ2v) is 20.4. The fraction of sp³-hybridized carbons (Fsp3) is 0.911. The van der Waals surface area contributed by atoms with Gasteiger partial charge >= 0.3 is 5.97 Å². The number of aliphatic hydroxyl groups is 18. The highest BCUT2D eigenvalue weighted by Crippen LogP contribution is 2.41. The van der Waals surface area contributed by atoms with Crippen LogP contribution in [-0.2, 0) is 71.3 Å². The smallest absolute Gasteiger partial charge is 0.364 e. The lowest BCUT2D eigenvalue weighted by atomic mass is 9.88. The molecule has 0 saturated carbocycles. The maximum Gasteiger partial charge on any atom is 0.364 e. The van der Waals surface area contributed by atoms with Gasteiger partial charge in [0, 0.05) is 27.2 Å². The topological polar surface area (TPSA) is 590 Å². The van der Waals surface area contributed by atoms with Crippen molar-refractivity contribution in [3.05, 3.63) is 0 Å². The van der Waals surface area contributed by atoms with E-state index in [1.54, 1.807) is 0 Å². The third-order valence-corrected chi connectivity index (χ3v) is 14.6. The number of nitrogens with one attached hydrogen (secondary N) is 3. The molecule has 0 spiro atoms. The number of aliphatic carboxylic acids is 1. The average Bonchev–Trinajstić information content (AvgIpc) is 3.44. The van der Waals surface area contributed by atoms with E-state index >= 15 is 0 Å². The molecule has 37 nitrogen and oxygen atoms in total. The Balaban J connectivity index is 1.38. The van der Waals surface area contributed by atoms with Crippen LogP contribution in [-0.4, -0.2) is 350 Å². The lowest BCUT2D eigenvalue weighted by Crippen LogP contribution is -2.72. The number of ether oxygens (including phenoxy) is 11. The summed E-state index contributed by atoms with van der Waals surface area (Å²) in [4.78, 5) is 51.0. The Kier molecular flexibility index (Phi) is 23.9. The number of carboxylic acids is 1. The first-order valence-corrected chi connectivity index (χ1v) is 25.7. The summed E-state index contributed by atoms with van der Waals surface area (Å²) in [5.74, 6) is -8.20. The molecule has 3 amide bonds. The molecule has 6 rings (SSSR count). The Labute approximate surface area is 463 Å². The summed E-state index contributed by atoms with van der Waals surface area (Å²) < 4.78 is 63.9. The average molecular weight is 1200 g/mol. The zero-order valence-electron chi connectivity index (χ0n) is 43.9. The summed E-state index contributed by atoms with van der Waals surface area (Å²) >= 11 is 0. The van der Waals surface area contributed by atoms with Crippen LogP contribution in [0.1, 0.15) is 27.2 Å². The van der Waals surface area contributed by atoms with Crippen LogP contribution in [0.3, 0.4) is 0 Å². The lowest BCUT2D eigenvalue weighted by molar-refractivity contribution is -0.403. The van der Waals surface area contributed by atoms with Gasteiger partial charge in [-0.15, -0.1) is 0 Å². The van der Waals surface area contributed by atoms with E-state index in [1.807, 2.05) is 0 Å². The third kappa shape index (κ3) is 14.6. The highest BCUT2D eigenvalue weighted by Gasteiger charge is 2.62. The van der Waals surface area contributed by atoms with Crippen LogP contribution < -0.4 is 16.0 Å². The molecule has 0 aromatic heterocycles. The first-order chi connectivity index (χ1) is 38.6. The fourth-order valence-corrected chi connectivity index (χ4v) is 10.4. The highest BCUT2D eigenvalue weighted by molar-refractivity contribution is 5.77. The summed E-state index contributed by atoms with van der Waals surface area (Å²) in [7, 11) is 0. The minimum Gasteiger partial charge on any atom is -0.477 e. The van der Waals surface area contributed by atoms with Crippen molar-refractivity contribution in [1.82, 2.24) is 16.0 Å². The van der Waals surface area contributed by atoms with E-state index in [-0.39, 0.29) is 0 Å². The standard InChI is InChI=1S/C45H75N3O34/c1-11(55)46-21-14(58)4-45(44(70)71,81-37(21)24(60)15(59)5-49)82-38-32(68)43(78-33-18(8-52)72-39(69)30(66)28(33)64)76-20(10-54)35(38)79-41-23(48-13(3)57)36(26(62)17(7-51)74-41)80-42-31(67)29(65)34(19(9-53)75-42)77-40-22(47-12(2)56)27(63)25(61)16(6-50)73-40/h14-43,49-54,58-69H,4-10H2,1-3H3,(H,46,55)(H,47,56)(H,48,57)(H,70,71)/t14-,15+,16+,17+,18+,19+,20+,21+,22+,23+,24+,25-,26-,27+,28+,29+,30+,31+,32+,33+,34-,35-,36+,37+,38+,39?,40-,41-,42-,43-,45-/m0/s1. The number of carbonyl (C=O) groups is 4. The van der Waals surface area contributed by atoms with Crippen LogP contribution >= 0.6 is 0 Å². The minimum absolute atomic E-state index is 0.770. The van der Waals surface area contributed by atoms with Crippen molar-refractivity contribution in [2.45, 2.75) is 217 Å². The Morgan fingerprint density at radius 3 is 1.43 bits per heavy atom. The van der Waals surface area contributed by atoms with Gasteiger partial charge in [0.2, 0.25) is 17.7 Å². The molecule has 6 saturated heterocycles. The zero-order chi connectivity index (χ0) is 61.0. The molecule has 6 heterocycles. The second kappa shape index (κ2) is 28.9. The molecular weight excluding hydrogens is 1130 g/mol. The summed E-state index contributed by atoms with van der Waals surface area (Å²) in [5.41, 5.74) is 0. The third-order valence-electron chi connectivity index (χ3n) is 14.6. The van der Waals surface area contributed by atoms with Crippen LogP contribution in [0.2, 0.25) is 0 Å². The van der Waals surface area contributed by atoms with Gasteiger partial charge in [-0.1, -0.05) is 0 Å². The lowest BCUT2D eigenvalue weighted by Gasteiger charge is -2.53. The van der Waals surface area contributed by atoms with Crippen molar-refractivity contribution in [2.24, 2.45) is 0 Å². The first kappa shape index (κ1) is 67.8. The summed E-state index contributed by atoms with van der Waals surface area (Å²) in [6.45, 7) is -3.75. The molecule has 82 heavy (non-hydrogen) atoms. The molecule has 0 aromatic rings. The van der Waals surface area contributed by atoms with E-state index in [0.29, 0.717) is 0 Å². The van der Waals surface area contributed by atoms with Crippen molar-refractivity contribution in [1.29, 1.82) is 0 Å². The first-order valence-electron chi connectivity index (χ1n) is 25.7. The summed E-state index contributed by atoms with van der Waals surface area (Å²) in [6, 6.07) is -5.36. The van der Waals surface area contributed by atoms with E-state index in [4.69, 9.17) is 52.1 Å². The monoisotopic (exact) mass is 1200 g/mol. The van der Waals surface area contributed by atoms with Gasteiger partial charge in [0.25, 0.3) is 5.79 Å². The van der Waals surface area contributed by atoms with Crippen molar-refractivity contribution >= 4 is 23.7 Å². The molecule has 474 valence electrons. The number of carbonyl (C=O) groups excluding carboxylic acids is 3. The molecule has 0 bridgehead atoms. The number of rotatable bonds is 22. The predicted octanol–water partition coefficient (Wildman–Crippen LogP) is -14.5. The zero-order valence-corrected chi connectivity index (χ0v) is 43.9. The quantitative estimate of drug-likeness (QED) is 0.0479. The van der Waals surface area contributed by atoms with Gasteiger partial charge < -0.3 is 165 Å². The maximum atomic E-state index is 13.5. The van der Waals surface area contributed by atoms with Crippen molar-refractivity contribution in [3.8, 4) is 0 Å². The highest BCUT2D eigenvalue weighted by atomic mass is 16.8. The molecule has 6 aliphatic rings. The van der Waals surface area contributed by atoms with E-state index in [0.717, 1.165) is 20.8 Å². The van der Waals surface area contributed by atoms with E-state index in [9.17, 15) is 116 Å². The van der Waals surface area contributed by atoms with Gasteiger partial charge in [-0.25, -0.2) is 4.79 Å². The van der Waals surface area contributed by atoms with Crippen LogP contribution in [0.5, 0.6) is 0 Å². The van der Waals surface area contributed by atoms with E-state index in [1.165, 1.54) is 0 Å². The number of aliphatic hydroxyl groups excluding tert-OH is 18. The Hall–Kier alpha value is -3.28. The minimum atomic E-state index is -3.39. The van der Waals surface area contributed by atoms with Crippen LogP contribution in [0.15, 0.2) is 0 Å². The van der Waals surface area contributed by atoms with E-state index < -0.39 is 259 Å². The Bertz CT molecular complexity index is 2090. The van der Waals surface area contributed by atoms with Gasteiger partial charge in [0.05, 0.1) is 51.8 Å². The SMILES string of the molecule is CC(=O)N[C@H]1[C@H](O[C@@H]2[C@H](O)[C@@H](O)[C@H](O[C@H]3[C@@H](O)[C@@H](CO)O[C@@H](O[C@@H]4[C@H](O[C@]5(C(=O)O)C[C@H](O)[C@@H](NC(C)=O)[C@H]([C@H](O)[C@H](O)CO)O5)[C@@H](O)[C@H](O[C@H]5[C@H](O)[C@@H](O)C(O)O[C@@H]5CO)O[C@@H]4CO)[C@@H]3NC(C)=O)O[C@@H]2CO)O[C@H](CO)[C@H](O)[C@@H]1O. The van der Waals surface area contributed by atoms with Gasteiger partial charge in [-0.2, -0.15) is 0 Å². The molecule has 1 unspecified atom stereocenters. The Morgan fingerprint density at radius 1 is 0.476 bits per heavy atom. The number of carboxylic acid groups (broad SMARTS) is 1. The van der Waals surface area contributed by atoms with Gasteiger partial charge in [0.1, 0.15) is 140 Å². The van der Waals surface area contributed by atoms with Crippen LogP contribution in [0.4, 0.5) is 0 Å². The molecule has 0 radical (unpaired) electrons. The van der Waals surface area contributed by atoms with Gasteiger partial charge in [0.15, 0.2) is 31.5 Å². The van der Waals surface area contributed by atoms with Crippen molar-refractivity contribution in [3.63, 3.8) is 0 Å². The predicted molar refractivity (Wildman–Crippen MR) is 251 cm³/mol. The molecule has 31 atom stereocenters. The van der Waals surface area contributed by atoms with Crippen LogP contribution in [0.25, 0.3) is 0 Å². The molecule has 0 aliphatic carbocycles. The Morgan fingerprint density at radius 2 is 0.902 bits per heavy atom. The summed E-state index contributed by atoms with van der Waals surface area (Å²) in [6.07, 6.45) is -57.6. The number of amides is 3. The van der Waals surface area contributed by atoms with Gasteiger partial charge in [-0.3, -0.25) is 14.4 Å². The molecule has 22 N–H and O–H groups in total. The van der Waals surface area contributed by atoms with Gasteiger partial charge in [-0.05, 0) is 0 Å². The number of hydrogen-bond acceptors (Lipinski definition) is 33. The fourth-order valence-electron chi connectivity index (χ4n) is 10.4. The molecule has 6 fully saturated rings. The molecule has 6 aliphatic heterocycles. The normalized spacial score (nSPS) is 46.3. The molecular formula is C45H75N3O34. The van der Waals surface area contributed by atoms with Crippen molar-refractivity contribution < 1.29 is 168 Å². The largest absolute Gasteiger partial charge is 0.477 e. The number of hydrogen-bond donors (Lipinski definition) is 22. The molecule has 0 aromatic carbocycles. The maximum absolute atomic E-state index is 13.5. The van der Waals surface area contributed by atoms with E-state index in [2.05, 4.69) is 16.0 Å². The van der Waals surface area contributed by atoms with Crippen molar-refractivity contribution in [2.75, 3.05) is 39.6 Å². The summed E-state index contributed by atoms with van der Waals surface area (Å²) in [5, 5.41) is 212. The molecule has 37 heteroatoms. The second-order valence-electron chi connectivity index (χ2n) is 20.4. The van der Waals surface area contributed by atoms with Crippen LogP contribution in [0, 0.1) is 0 Å².